The van der Waals surface area contributed by atoms with Gasteiger partial charge in [-0.25, -0.2) is 9.97 Å². The van der Waals surface area contributed by atoms with Crippen molar-refractivity contribution in [3.8, 4) is 11.1 Å². The normalized spacial score (nSPS) is 13.2. The van der Waals surface area contributed by atoms with Gasteiger partial charge in [-0.3, -0.25) is 9.78 Å². The van der Waals surface area contributed by atoms with E-state index in [2.05, 4.69) is 30.6 Å². The monoisotopic (exact) mass is 455 g/mol. The molecule has 1 aromatic carbocycles. The van der Waals surface area contributed by atoms with Crippen LogP contribution in [-0.2, 0) is 6.18 Å². The Morgan fingerprint density at radius 3 is 2.61 bits per heavy atom. The minimum Gasteiger partial charge on any atom is -0.357 e. The van der Waals surface area contributed by atoms with Crippen LogP contribution in [0, 0.1) is 13.8 Å². The van der Waals surface area contributed by atoms with Crippen LogP contribution in [0.5, 0.6) is 0 Å². The van der Waals surface area contributed by atoms with Crippen LogP contribution < -0.4 is 10.6 Å². The average Bonchev–Trinajstić information content (AvgIpc) is 2.83. The maximum absolute atomic E-state index is 13.0. The Labute approximate surface area is 191 Å². The van der Waals surface area contributed by atoms with Gasteiger partial charge >= 0.3 is 6.18 Å². The van der Waals surface area contributed by atoms with E-state index in [-0.39, 0.29) is 28.5 Å². The highest BCUT2D eigenvalue weighted by Gasteiger charge is 2.33. The third-order valence-electron chi connectivity index (χ3n) is 4.89. The van der Waals surface area contributed by atoms with Gasteiger partial charge in [-0.05, 0) is 55.2 Å². The predicted molar refractivity (Wildman–Crippen MR) is 119 cm³/mol. The number of fused-ring (bicyclic) bond motifs is 1. The van der Waals surface area contributed by atoms with E-state index in [9.17, 15) is 18.0 Å². The van der Waals surface area contributed by atoms with Gasteiger partial charge in [-0.15, -0.1) is 0 Å². The van der Waals surface area contributed by atoms with E-state index in [0.29, 0.717) is 28.1 Å². The van der Waals surface area contributed by atoms with E-state index in [1.807, 2.05) is 0 Å². The molecule has 3 aromatic heterocycles. The van der Waals surface area contributed by atoms with E-state index < -0.39 is 24.6 Å². The number of pyridine rings is 2. The van der Waals surface area contributed by atoms with Crippen molar-refractivity contribution in [3.63, 3.8) is 0 Å². The number of nitrogens with zero attached hydrogens (tertiary/aromatic N) is 4. The Bertz CT molecular complexity index is 1470. The number of rotatable bonds is 4. The second-order valence-electron chi connectivity index (χ2n) is 7.15. The first-order valence-corrected chi connectivity index (χ1v) is 9.68. The van der Waals surface area contributed by atoms with Crippen molar-refractivity contribution < 1.29 is 22.1 Å². The molecule has 0 unspecified atom stereocenters. The molecule has 0 atom stereocenters. The quantitative estimate of drug-likeness (QED) is 0.449. The van der Waals surface area contributed by atoms with Gasteiger partial charge < -0.3 is 10.6 Å². The zero-order valence-corrected chi connectivity index (χ0v) is 17.4. The summed E-state index contributed by atoms with van der Waals surface area (Å²) >= 11 is 0. The van der Waals surface area contributed by atoms with Crippen molar-refractivity contribution in [3.05, 3.63) is 71.3 Å². The largest absolute Gasteiger partial charge is 0.433 e. The summed E-state index contributed by atoms with van der Waals surface area (Å²) in [5.74, 6) is -0.497. The van der Waals surface area contributed by atoms with Crippen molar-refractivity contribution in [1.29, 1.82) is 0 Å². The number of alkyl halides is 3. The molecule has 1 amide bonds. The Kier molecular flexibility index (Phi) is 4.74. The number of hydrogen-bond acceptors (Lipinski definition) is 6. The van der Waals surface area contributed by atoms with Crippen LogP contribution in [0.3, 0.4) is 0 Å². The molecule has 7 nitrogen and oxygen atoms in total. The number of aryl methyl sites for hydroxylation is 2. The molecular weight excluding hydrogens is 433 g/mol. The summed E-state index contributed by atoms with van der Waals surface area (Å²) in [7, 11) is 1.62. The van der Waals surface area contributed by atoms with Crippen LogP contribution in [0.2, 0.25) is 0 Å². The lowest BCUT2D eigenvalue weighted by Gasteiger charge is -2.13. The number of amides is 1. The van der Waals surface area contributed by atoms with Crippen LogP contribution in [-0.4, -0.2) is 32.9 Å². The molecule has 168 valence electrons. The zero-order valence-electron chi connectivity index (χ0n) is 20.4. The lowest BCUT2D eigenvalue weighted by atomic mass is 9.98. The van der Waals surface area contributed by atoms with E-state index >= 15 is 0 Å². The van der Waals surface area contributed by atoms with Gasteiger partial charge in [-0.2, -0.15) is 18.2 Å². The van der Waals surface area contributed by atoms with Crippen LogP contribution in [0.25, 0.3) is 22.2 Å². The third kappa shape index (κ3) is 4.59. The van der Waals surface area contributed by atoms with Gasteiger partial charge in [0, 0.05) is 51.4 Å². The number of aromatic nitrogens is 4. The summed E-state index contributed by atoms with van der Waals surface area (Å²) in [5.41, 5.74) is 0.299. The first kappa shape index (κ1) is 18.5. The molecule has 2 N–H and O–H groups in total. The van der Waals surface area contributed by atoms with Gasteiger partial charge in [-0.1, -0.05) is 6.07 Å². The Hall–Kier alpha value is -4.08. The van der Waals surface area contributed by atoms with Gasteiger partial charge in [0.15, 0.2) is 5.65 Å². The third-order valence-corrected chi connectivity index (χ3v) is 4.89. The molecule has 33 heavy (non-hydrogen) atoms. The highest BCUT2D eigenvalue weighted by atomic mass is 19.4. The molecule has 0 aliphatic rings. The van der Waals surface area contributed by atoms with Gasteiger partial charge in [0.05, 0.1) is 0 Å². The fourth-order valence-corrected chi connectivity index (χ4v) is 3.21. The molecule has 4 aromatic rings. The number of carbonyl (C=O) groups is 1. The van der Waals surface area contributed by atoms with Crippen LogP contribution in [0.15, 0.2) is 48.8 Å². The second-order valence-corrected chi connectivity index (χ2v) is 7.15. The number of anilines is 2. The lowest BCUT2D eigenvalue weighted by molar-refractivity contribution is -0.141. The fourth-order valence-electron chi connectivity index (χ4n) is 3.21. The lowest BCUT2D eigenvalue weighted by Crippen LogP contribution is -2.15. The summed E-state index contributed by atoms with van der Waals surface area (Å²) in [6, 6.07) is 8.19. The summed E-state index contributed by atoms with van der Waals surface area (Å²) in [5, 5.41) is 5.83. The Morgan fingerprint density at radius 2 is 1.88 bits per heavy atom. The SMILES string of the molecule is [2H]C([2H])([2H])c1nc2nc(NC)ncc2cc1-c1cc(NC(=O)c2ccnc(C(F)(F)F)c2)ccc1C. The maximum atomic E-state index is 13.0. The number of benzene rings is 1. The summed E-state index contributed by atoms with van der Waals surface area (Å²) in [4.78, 5) is 28.6. The number of carbonyl (C=O) groups excluding carboxylic acids is 1. The Balaban J connectivity index is 1.77. The summed E-state index contributed by atoms with van der Waals surface area (Å²) < 4.78 is 62.9. The first-order chi connectivity index (χ1) is 16.9. The topological polar surface area (TPSA) is 92.7 Å². The maximum Gasteiger partial charge on any atom is 0.433 e. The average molecular weight is 455 g/mol. The predicted octanol–water partition coefficient (Wildman–Crippen LogP) is 5.02. The first-order valence-electron chi connectivity index (χ1n) is 11.2. The molecule has 0 fully saturated rings. The van der Waals surface area contributed by atoms with E-state index in [1.165, 1.54) is 12.3 Å². The highest BCUT2D eigenvalue weighted by Crippen LogP contribution is 2.31. The molecule has 10 heteroatoms. The van der Waals surface area contributed by atoms with Crippen LogP contribution >= 0.6 is 0 Å². The zero-order chi connectivity index (χ0) is 26.3. The number of nitrogens with one attached hydrogen (secondary N) is 2. The van der Waals surface area contributed by atoms with Gasteiger partial charge in [0.1, 0.15) is 5.69 Å². The van der Waals surface area contributed by atoms with Crippen LogP contribution in [0.1, 0.15) is 31.4 Å². The number of hydrogen-bond donors (Lipinski definition) is 2. The highest BCUT2D eigenvalue weighted by molar-refractivity contribution is 6.04. The molecule has 0 spiro atoms. The molecule has 0 radical (unpaired) electrons. The summed E-state index contributed by atoms with van der Waals surface area (Å²) in [6.45, 7) is -0.821. The standard InChI is InChI=1S/C23H19F3N6O/c1-12-4-5-16(31-21(33)14-6-7-28-19(9-14)23(24,25)26)10-17(12)18-8-15-11-29-22(27-3)32-20(15)30-13(18)2/h4-11H,1-3H3,(H,31,33)(H,27,29,30,32)/i2D3. The van der Waals surface area contributed by atoms with E-state index in [0.717, 1.165) is 6.20 Å². The van der Waals surface area contributed by atoms with Crippen molar-refractivity contribution in [2.24, 2.45) is 0 Å². The van der Waals surface area contributed by atoms with E-state index in [4.69, 9.17) is 4.11 Å². The second kappa shape index (κ2) is 8.45. The van der Waals surface area contributed by atoms with Crippen molar-refractivity contribution in [1.82, 2.24) is 19.9 Å². The molecule has 0 aliphatic heterocycles. The molecular formula is C23H19F3N6O. The van der Waals surface area contributed by atoms with Gasteiger partial charge in [0.25, 0.3) is 5.91 Å². The fraction of sp³-hybridized carbons (Fsp3) is 0.174. The molecule has 3 heterocycles. The smallest absolute Gasteiger partial charge is 0.357 e. The Morgan fingerprint density at radius 1 is 1.06 bits per heavy atom. The van der Waals surface area contributed by atoms with Crippen molar-refractivity contribution in [2.75, 3.05) is 17.7 Å². The van der Waals surface area contributed by atoms with Crippen LogP contribution in [0.4, 0.5) is 24.8 Å². The molecule has 0 saturated heterocycles. The summed E-state index contributed by atoms with van der Waals surface area (Å²) in [6.07, 6.45) is -2.28. The van der Waals surface area contributed by atoms with Gasteiger partial charge in [0.2, 0.25) is 5.95 Å². The molecule has 0 bridgehead atoms. The molecule has 0 aliphatic carbocycles. The minimum atomic E-state index is -4.69. The van der Waals surface area contributed by atoms with Crippen molar-refractivity contribution >= 4 is 28.6 Å². The molecule has 0 saturated carbocycles. The minimum absolute atomic E-state index is 0.189. The number of halogens is 3. The molecule has 4 rings (SSSR count). The van der Waals surface area contributed by atoms with Crippen molar-refractivity contribution in [2.45, 2.75) is 20.0 Å². The van der Waals surface area contributed by atoms with E-state index in [1.54, 1.807) is 38.2 Å².